The molecule has 0 saturated carbocycles. The Morgan fingerprint density at radius 3 is 2.50 bits per heavy atom. The van der Waals surface area contributed by atoms with Gasteiger partial charge in [0.15, 0.2) is 0 Å². The quantitative estimate of drug-likeness (QED) is 0.709. The van der Waals surface area contributed by atoms with Gasteiger partial charge in [0.2, 0.25) is 5.91 Å². The Morgan fingerprint density at radius 1 is 1.25 bits per heavy atom. The molecular weight excluding hydrogens is 338 g/mol. The molecule has 0 radical (unpaired) electrons. The summed E-state index contributed by atoms with van der Waals surface area (Å²) in [6, 6.07) is 4.67. The Balaban J connectivity index is 2.68. The van der Waals surface area contributed by atoms with Crippen LogP contribution in [0.5, 0.6) is 5.75 Å². The van der Waals surface area contributed by atoms with Crippen LogP contribution in [-0.4, -0.2) is 46.7 Å². The molecule has 0 bridgehead atoms. The van der Waals surface area contributed by atoms with Gasteiger partial charge in [-0.25, -0.2) is 14.4 Å². The zero-order valence-corrected chi connectivity index (χ0v) is 13.9. The number of ether oxygens (including phenoxy) is 2. The molecule has 0 aromatic heterocycles. The monoisotopic (exact) mass is 355 g/mol. The maximum absolute atomic E-state index is 11.8. The number of hydrogen-bond acceptors (Lipinski definition) is 7. The van der Waals surface area contributed by atoms with Gasteiger partial charge in [-0.2, -0.15) is 0 Å². The van der Waals surface area contributed by atoms with E-state index in [-0.39, 0.29) is 23.7 Å². The summed E-state index contributed by atoms with van der Waals surface area (Å²) in [5, 5.41) is 10.6. The van der Waals surface area contributed by atoms with Crippen molar-refractivity contribution in [3.8, 4) is 5.75 Å². The summed E-state index contributed by atoms with van der Waals surface area (Å²) in [7, 11) is 0. The summed E-state index contributed by atoms with van der Waals surface area (Å²) in [5.41, 5.74) is -0.157. The molecule has 0 fully saturated rings. The van der Waals surface area contributed by atoms with Gasteiger partial charge in [0.05, 0.1) is 6.61 Å². The van der Waals surface area contributed by atoms with Crippen LogP contribution in [0.4, 0.5) is 4.79 Å². The van der Waals surface area contributed by atoms with Crippen LogP contribution in [0.15, 0.2) is 24.3 Å². The van der Waals surface area contributed by atoms with E-state index in [1.807, 2.05) is 0 Å². The molecule has 1 aromatic rings. The summed E-state index contributed by atoms with van der Waals surface area (Å²) >= 11 is 0.626. The van der Waals surface area contributed by atoms with E-state index in [0.29, 0.717) is 11.8 Å². The lowest BCUT2D eigenvalue weighted by Gasteiger charge is -2.15. The molecule has 1 aromatic carbocycles. The Kier molecular flexibility index (Phi) is 7.76. The predicted molar refractivity (Wildman–Crippen MR) is 86.1 cm³/mol. The molecule has 1 atom stereocenters. The highest BCUT2D eigenvalue weighted by Crippen LogP contribution is 2.21. The van der Waals surface area contributed by atoms with Crippen molar-refractivity contribution in [2.75, 3.05) is 12.4 Å². The third-order valence-electron chi connectivity index (χ3n) is 2.63. The number of esters is 1. The number of para-hydroxylation sites is 1. The first-order chi connectivity index (χ1) is 11.3. The second-order valence-electron chi connectivity index (χ2n) is 4.47. The summed E-state index contributed by atoms with van der Waals surface area (Å²) in [6.45, 7) is 2.99. The van der Waals surface area contributed by atoms with E-state index in [1.165, 1.54) is 31.2 Å². The summed E-state index contributed by atoms with van der Waals surface area (Å²) in [5.74, 6) is -2.55. The first-order valence-electron chi connectivity index (χ1n) is 6.95. The second kappa shape index (κ2) is 9.56. The molecule has 9 heteroatoms. The lowest BCUT2D eigenvalue weighted by molar-refractivity contribution is -0.146. The minimum Gasteiger partial charge on any atom is -0.478 e. The Hall–Kier alpha value is -2.55. The standard InChI is InChI=1S/C15H17NO7S/c1-3-22-14(20)11(16-9(2)17)8-24-15(21)23-12-7-5-4-6-10(12)13(18)19/h4-7,11H,3,8H2,1-2H3,(H,16,17)(H,18,19)/t11-/m1/s1. The molecule has 0 aliphatic heterocycles. The van der Waals surface area contributed by atoms with Crippen LogP contribution in [0.2, 0.25) is 0 Å². The van der Waals surface area contributed by atoms with Crippen LogP contribution in [0, 0.1) is 0 Å². The highest BCUT2D eigenvalue weighted by Gasteiger charge is 2.23. The SMILES string of the molecule is CCOC(=O)[C@@H](CSC(=O)Oc1ccccc1C(=O)O)NC(C)=O. The van der Waals surface area contributed by atoms with Gasteiger partial charge in [-0.15, -0.1) is 0 Å². The fourth-order valence-corrected chi connectivity index (χ4v) is 2.33. The summed E-state index contributed by atoms with van der Waals surface area (Å²) in [6.07, 6.45) is 0. The maximum Gasteiger partial charge on any atom is 0.372 e. The number of carboxylic acids is 1. The fourth-order valence-electron chi connectivity index (χ4n) is 1.66. The van der Waals surface area contributed by atoms with Crippen LogP contribution in [0.1, 0.15) is 24.2 Å². The van der Waals surface area contributed by atoms with Crippen LogP contribution >= 0.6 is 11.8 Å². The third-order valence-corrected chi connectivity index (χ3v) is 3.45. The Labute approximate surface area is 142 Å². The molecule has 0 aliphatic carbocycles. The van der Waals surface area contributed by atoms with E-state index in [9.17, 15) is 19.2 Å². The zero-order valence-electron chi connectivity index (χ0n) is 13.1. The lowest BCUT2D eigenvalue weighted by Crippen LogP contribution is -2.43. The minimum absolute atomic E-state index is 0.102. The number of rotatable bonds is 7. The molecule has 8 nitrogen and oxygen atoms in total. The van der Waals surface area contributed by atoms with E-state index < -0.39 is 29.2 Å². The van der Waals surface area contributed by atoms with Crippen molar-refractivity contribution in [1.82, 2.24) is 5.32 Å². The van der Waals surface area contributed by atoms with Crippen LogP contribution in [0.3, 0.4) is 0 Å². The highest BCUT2D eigenvalue weighted by molar-refractivity contribution is 8.13. The van der Waals surface area contributed by atoms with Crippen molar-refractivity contribution in [1.29, 1.82) is 0 Å². The van der Waals surface area contributed by atoms with E-state index in [2.05, 4.69) is 5.32 Å². The van der Waals surface area contributed by atoms with Crippen molar-refractivity contribution < 1.29 is 33.8 Å². The smallest absolute Gasteiger partial charge is 0.372 e. The predicted octanol–water partition coefficient (Wildman–Crippen LogP) is 1.68. The van der Waals surface area contributed by atoms with Crippen molar-refractivity contribution in [2.24, 2.45) is 0 Å². The van der Waals surface area contributed by atoms with Crippen molar-refractivity contribution in [3.63, 3.8) is 0 Å². The normalized spacial score (nSPS) is 11.2. The topological polar surface area (TPSA) is 119 Å². The van der Waals surface area contributed by atoms with Crippen molar-refractivity contribution >= 4 is 34.9 Å². The molecule has 2 N–H and O–H groups in total. The minimum atomic E-state index is -1.23. The first-order valence-corrected chi connectivity index (χ1v) is 7.94. The van der Waals surface area contributed by atoms with Crippen LogP contribution < -0.4 is 10.1 Å². The van der Waals surface area contributed by atoms with Gasteiger partial charge in [-0.3, -0.25) is 4.79 Å². The molecule has 0 unspecified atom stereocenters. The van der Waals surface area contributed by atoms with Gasteiger partial charge < -0.3 is 19.9 Å². The fraction of sp³-hybridized carbons (Fsp3) is 0.333. The highest BCUT2D eigenvalue weighted by atomic mass is 32.2. The number of nitrogens with one attached hydrogen (secondary N) is 1. The molecule has 1 rings (SSSR count). The van der Waals surface area contributed by atoms with Gasteiger partial charge in [-0.1, -0.05) is 12.1 Å². The lowest BCUT2D eigenvalue weighted by atomic mass is 10.2. The van der Waals surface area contributed by atoms with E-state index in [0.717, 1.165) is 0 Å². The summed E-state index contributed by atoms with van der Waals surface area (Å²) in [4.78, 5) is 45.7. The average molecular weight is 355 g/mol. The number of hydrogen-bond donors (Lipinski definition) is 2. The first kappa shape index (κ1) is 19.5. The van der Waals surface area contributed by atoms with Crippen LogP contribution in [-0.2, 0) is 14.3 Å². The number of thioether (sulfide) groups is 1. The average Bonchev–Trinajstić information content (AvgIpc) is 2.51. The van der Waals surface area contributed by atoms with E-state index in [1.54, 1.807) is 6.92 Å². The maximum atomic E-state index is 11.8. The number of carbonyl (C=O) groups excluding carboxylic acids is 3. The van der Waals surface area contributed by atoms with Gasteiger partial charge in [0.25, 0.3) is 0 Å². The van der Waals surface area contributed by atoms with Crippen LogP contribution in [0.25, 0.3) is 0 Å². The Bertz CT molecular complexity index is 632. The van der Waals surface area contributed by atoms with E-state index >= 15 is 0 Å². The molecule has 130 valence electrons. The van der Waals surface area contributed by atoms with Gasteiger partial charge in [-0.05, 0) is 30.8 Å². The molecule has 0 saturated heterocycles. The van der Waals surface area contributed by atoms with E-state index in [4.69, 9.17) is 14.6 Å². The molecule has 0 aliphatic rings. The number of aromatic carboxylic acids is 1. The molecule has 1 amide bonds. The number of carboxylic acid groups (broad SMARTS) is 1. The molecule has 0 spiro atoms. The van der Waals surface area contributed by atoms with Gasteiger partial charge in [0.1, 0.15) is 17.4 Å². The molecular formula is C15H17NO7S. The second-order valence-corrected chi connectivity index (χ2v) is 5.42. The van der Waals surface area contributed by atoms with Gasteiger partial charge >= 0.3 is 17.2 Å². The van der Waals surface area contributed by atoms with Crippen molar-refractivity contribution in [2.45, 2.75) is 19.9 Å². The Morgan fingerprint density at radius 2 is 1.92 bits per heavy atom. The molecule has 0 heterocycles. The van der Waals surface area contributed by atoms with Gasteiger partial charge in [0, 0.05) is 12.7 Å². The number of amides is 1. The summed E-state index contributed by atoms with van der Waals surface area (Å²) < 4.78 is 9.79. The number of benzene rings is 1. The number of carbonyl (C=O) groups is 4. The zero-order chi connectivity index (χ0) is 18.1. The largest absolute Gasteiger partial charge is 0.478 e. The molecule has 24 heavy (non-hydrogen) atoms. The third kappa shape index (κ3) is 6.29. The van der Waals surface area contributed by atoms with Crippen molar-refractivity contribution in [3.05, 3.63) is 29.8 Å².